The summed E-state index contributed by atoms with van der Waals surface area (Å²) in [5, 5.41) is 10.5. The largest absolute Gasteiger partial charge is 0.459 e. The molecule has 1 fully saturated rings. The van der Waals surface area contributed by atoms with Crippen LogP contribution in [0.2, 0.25) is 0 Å². The molecule has 2 unspecified atom stereocenters. The third-order valence-electron chi connectivity index (χ3n) is 8.31. The quantitative estimate of drug-likeness (QED) is 0.0611. The summed E-state index contributed by atoms with van der Waals surface area (Å²) in [7, 11) is 1.66. The number of esters is 1. The summed E-state index contributed by atoms with van der Waals surface area (Å²) in [6.45, 7) is 25.2. The van der Waals surface area contributed by atoms with Crippen molar-refractivity contribution in [2.75, 3.05) is 20.1 Å². The Kier molecular flexibility index (Phi) is 37.8. The SMILES string of the molecule is C1CCCCC1.C=C(C=C(/C=C\C)CCC)CC(NC(=O)CNC)C(=O)NC(CCC)C(C)=O.CC(C)(C)OC(=O)CNC=O.CCC=O.Cc1ccc(C(C)C)cc1. The van der Waals surface area contributed by atoms with Crippen molar-refractivity contribution in [3.8, 4) is 0 Å². The van der Waals surface area contributed by atoms with E-state index in [0.29, 0.717) is 25.2 Å². The molecule has 11 nitrogen and oxygen atoms in total. The second kappa shape index (κ2) is 37.9. The molecule has 0 saturated heterocycles. The topological polar surface area (TPSA) is 160 Å². The Morgan fingerprint density at radius 3 is 1.80 bits per heavy atom. The Labute approximate surface area is 358 Å². The zero-order chi connectivity index (χ0) is 45.6. The number of ether oxygens (including phenoxy) is 1. The Morgan fingerprint density at radius 1 is 0.864 bits per heavy atom. The van der Waals surface area contributed by atoms with Gasteiger partial charge < -0.3 is 30.8 Å². The molecule has 0 aromatic heterocycles. The molecule has 3 amide bonds. The molecule has 2 atom stereocenters. The van der Waals surface area contributed by atoms with Gasteiger partial charge in [0.15, 0.2) is 5.78 Å². The highest BCUT2D eigenvalue weighted by Gasteiger charge is 2.25. The van der Waals surface area contributed by atoms with E-state index >= 15 is 0 Å². The number of carbonyl (C=O) groups is 6. The molecule has 1 aliphatic rings. The lowest BCUT2D eigenvalue weighted by atomic mass is 10.0. The van der Waals surface area contributed by atoms with Gasteiger partial charge in [0.2, 0.25) is 18.2 Å². The van der Waals surface area contributed by atoms with E-state index in [2.05, 4.69) is 79.8 Å². The van der Waals surface area contributed by atoms with E-state index in [1.54, 1.807) is 27.8 Å². The Balaban J connectivity index is -0.000000813. The van der Waals surface area contributed by atoms with Gasteiger partial charge in [-0.2, -0.15) is 0 Å². The standard InChI is InChI=1S/C22H37N3O3.C10H14.C7H13NO3.C6H12.C3H6O/c1-7-10-18(11-8-2)13-16(4)14-20(24-21(27)15-23-6)22(28)25-19(12-9-3)17(5)26;1-8(2)10-6-4-9(3)5-7-10;1-7(2,3)11-6(10)4-8-5-9;1-2-4-6-5-3-1;1-2-3-4/h7,10,13,19-20,23H,4,8-9,11-12,14-15H2,1-3,5-6H3,(H,24,27)(H,25,28);4-8H,1-3H3;5H,4H2,1-3H3,(H,8,9);1-6H2;3H,2H2,1H3/b10-7-,18-13?;;;;. The molecule has 1 saturated carbocycles. The average Bonchev–Trinajstić information content (AvgIpc) is 3.18. The lowest BCUT2D eigenvalue weighted by Crippen LogP contribution is -2.52. The number of aryl methyl sites for hydroxylation is 1. The first-order valence-corrected chi connectivity index (χ1v) is 21.5. The maximum Gasteiger partial charge on any atom is 0.325 e. The van der Waals surface area contributed by atoms with Crippen molar-refractivity contribution in [3.63, 3.8) is 0 Å². The zero-order valence-corrected chi connectivity index (χ0v) is 38.9. The molecule has 11 heteroatoms. The Bertz CT molecular complexity index is 1360. The van der Waals surface area contributed by atoms with Crippen LogP contribution in [0.15, 0.2) is 60.2 Å². The number of hydrogen-bond donors (Lipinski definition) is 4. The van der Waals surface area contributed by atoms with E-state index < -0.39 is 23.7 Å². The molecule has 0 spiro atoms. The van der Waals surface area contributed by atoms with Crippen LogP contribution >= 0.6 is 0 Å². The van der Waals surface area contributed by atoms with Crippen LogP contribution in [0.1, 0.15) is 163 Å². The van der Waals surface area contributed by atoms with Crippen LogP contribution in [0.4, 0.5) is 0 Å². The molecular weight excluding hydrogens is 745 g/mol. The van der Waals surface area contributed by atoms with Gasteiger partial charge in [0.05, 0.1) is 12.6 Å². The van der Waals surface area contributed by atoms with Gasteiger partial charge in [-0.1, -0.05) is 146 Å². The minimum absolute atomic E-state index is 0.0687. The van der Waals surface area contributed by atoms with Crippen molar-refractivity contribution in [2.24, 2.45) is 0 Å². The molecule has 1 aromatic carbocycles. The van der Waals surface area contributed by atoms with Crippen LogP contribution in [0.25, 0.3) is 0 Å². The van der Waals surface area contributed by atoms with E-state index in [1.807, 2.05) is 39.0 Å². The summed E-state index contributed by atoms with van der Waals surface area (Å²) >= 11 is 0. The van der Waals surface area contributed by atoms with E-state index in [0.717, 1.165) is 36.7 Å². The minimum atomic E-state index is -0.781. The summed E-state index contributed by atoms with van der Waals surface area (Å²) in [6, 6.07) is 7.39. The first-order valence-electron chi connectivity index (χ1n) is 21.5. The molecule has 2 rings (SSSR count). The van der Waals surface area contributed by atoms with Gasteiger partial charge in [-0.05, 0) is 78.5 Å². The number of aldehydes is 1. The first-order chi connectivity index (χ1) is 27.8. The second-order valence-corrected chi connectivity index (χ2v) is 15.8. The summed E-state index contributed by atoms with van der Waals surface area (Å²) < 4.78 is 4.88. The van der Waals surface area contributed by atoms with E-state index in [4.69, 9.17) is 4.74 Å². The number of Topliss-reactive ketones (excluding diaryl/α,β-unsaturated/α-hetero) is 1. The van der Waals surface area contributed by atoms with Crippen LogP contribution in [0.5, 0.6) is 0 Å². The number of amides is 3. The van der Waals surface area contributed by atoms with Crippen molar-refractivity contribution >= 4 is 36.3 Å². The Hall–Kier alpha value is -4.38. The molecular formula is C48H82N4O7. The Morgan fingerprint density at radius 2 is 1.41 bits per heavy atom. The van der Waals surface area contributed by atoms with Gasteiger partial charge in [-0.3, -0.25) is 24.0 Å². The van der Waals surface area contributed by atoms with Gasteiger partial charge in [0.1, 0.15) is 24.5 Å². The van der Waals surface area contributed by atoms with Crippen LogP contribution in [-0.4, -0.2) is 74.1 Å². The lowest BCUT2D eigenvalue weighted by molar-refractivity contribution is -0.154. The van der Waals surface area contributed by atoms with Crippen molar-refractivity contribution in [1.29, 1.82) is 0 Å². The normalized spacial score (nSPS) is 13.1. The van der Waals surface area contributed by atoms with Gasteiger partial charge in [0.25, 0.3) is 0 Å². The third-order valence-corrected chi connectivity index (χ3v) is 8.31. The highest BCUT2D eigenvalue weighted by Crippen LogP contribution is 2.16. The maximum atomic E-state index is 12.8. The predicted molar refractivity (Wildman–Crippen MR) is 244 cm³/mol. The number of carbonyl (C=O) groups excluding carboxylic acids is 6. The van der Waals surface area contributed by atoms with Gasteiger partial charge in [0, 0.05) is 12.8 Å². The van der Waals surface area contributed by atoms with Crippen LogP contribution in [0.3, 0.4) is 0 Å². The molecule has 0 bridgehead atoms. The van der Waals surface area contributed by atoms with Crippen molar-refractivity contribution in [2.45, 2.75) is 177 Å². The number of rotatable bonds is 19. The van der Waals surface area contributed by atoms with Gasteiger partial charge >= 0.3 is 5.97 Å². The fourth-order valence-corrected chi connectivity index (χ4v) is 5.36. The van der Waals surface area contributed by atoms with E-state index in [-0.39, 0.29) is 37.1 Å². The molecule has 59 heavy (non-hydrogen) atoms. The fraction of sp³-hybridized carbons (Fsp3) is 0.625. The molecule has 336 valence electrons. The number of allylic oxidation sites excluding steroid dienone is 4. The molecule has 0 heterocycles. The monoisotopic (exact) mass is 827 g/mol. The summed E-state index contributed by atoms with van der Waals surface area (Å²) in [6.07, 6.45) is 20.5. The number of ketones is 1. The van der Waals surface area contributed by atoms with Crippen molar-refractivity contribution in [3.05, 3.63) is 71.3 Å². The fourth-order valence-electron chi connectivity index (χ4n) is 5.36. The highest BCUT2D eigenvalue weighted by atomic mass is 16.6. The van der Waals surface area contributed by atoms with Crippen LogP contribution < -0.4 is 21.3 Å². The number of hydrogen-bond acceptors (Lipinski definition) is 8. The van der Waals surface area contributed by atoms with Crippen molar-refractivity contribution < 1.29 is 33.5 Å². The van der Waals surface area contributed by atoms with Gasteiger partial charge in [-0.25, -0.2) is 0 Å². The smallest absolute Gasteiger partial charge is 0.325 e. The van der Waals surface area contributed by atoms with Crippen LogP contribution in [0, 0.1) is 6.92 Å². The zero-order valence-electron chi connectivity index (χ0n) is 38.9. The number of likely N-dealkylation sites (N-methyl/N-ethyl adjacent to an activating group) is 1. The second-order valence-electron chi connectivity index (χ2n) is 15.8. The number of benzene rings is 1. The molecule has 4 N–H and O–H groups in total. The predicted octanol–water partition coefficient (Wildman–Crippen LogP) is 8.94. The average molecular weight is 827 g/mol. The number of nitrogens with one attached hydrogen (secondary N) is 4. The van der Waals surface area contributed by atoms with Crippen LogP contribution in [-0.2, 0) is 33.5 Å². The van der Waals surface area contributed by atoms with Crippen molar-refractivity contribution in [1.82, 2.24) is 21.3 Å². The third kappa shape index (κ3) is 37.6. The highest BCUT2D eigenvalue weighted by molar-refractivity contribution is 5.92. The minimum Gasteiger partial charge on any atom is -0.459 e. The summed E-state index contributed by atoms with van der Waals surface area (Å²) in [4.78, 5) is 66.3. The summed E-state index contributed by atoms with van der Waals surface area (Å²) in [5.41, 5.74) is 4.15. The molecule has 0 aliphatic heterocycles. The van der Waals surface area contributed by atoms with E-state index in [1.165, 1.54) is 56.6 Å². The maximum absolute atomic E-state index is 12.8. The van der Waals surface area contributed by atoms with E-state index in [9.17, 15) is 28.8 Å². The molecule has 1 aliphatic carbocycles. The first kappa shape index (κ1) is 58.9. The lowest BCUT2D eigenvalue weighted by Gasteiger charge is -2.22. The van der Waals surface area contributed by atoms with Gasteiger partial charge in [-0.15, -0.1) is 0 Å². The molecule has 1 aromatic rings. The summed E-state index contributed by atoms with van der Waals surface area (Å²) in [5.74, 6) is -0.509. The molecule has 0 radical (unpaired) electrons.